The molecule has 0 radical (unpaired) electrons. The van der Waals surface area contributed by atoms with E-state index in [9.17, 15) is 4.79 Å². The van der Waals surface area contributed by atoms with Crippen LogP contribution < -0.4 is 0 Å². The van der Waals surface area contributed by atoms with E-state index < -0.39 is 0 Å². The van der Waals surface area contributed by atoms with Crippen LogP contribution in [0.4, 0.5) is 0 Å². The van der Waals surface area contributed by atoms with Crippen LogP contribution in [0.1, 0.15) is 39.9 Å². The number of hydrogen-bond donors (Lipinski definition) is 0. The van der Waals surface area contributed by atoms with Crippen molar-refractivity contribution < 1.29 is 4.79 Å². The lowest BCUT2D eigenvalue weighted by atomic mass is 9.94. The van der Waals surface area contributed by atoms with Gasteiger partial charge in [0.2, 0.25) is 0 Å². The first-order valence-corrected chi connectivity index (χ1v) is 8.26. The van der Waals surface area contributed by atoms with Crippen molar-refractivity contribution in [3.63, 3.8) is 0 Å². The molecule has 21 heavy (non-hydrogen) atoms. The van der Waals surface area contributed by atoms with Crippen molar-refractivity contribution in [3.05, 3.63) is 33.3 Å². The van der Waals surface area contributed by atoms with Crippen molar-refractivity contribution in [3.8, 4) is 0 Å². The number of halogens is 1. The molecule has 0 N–H and O–H groups in total. The summed E-state index contributed by atoms with van der Waals surface area (Å²) in [6, 6.07) is 2.13. The summed E-state index contributed by atoms with van der Waals surface area (Å²) in [5.41, 5.74) is 4.07. The van der Waals surface area contributed by atoms with Crippen LogP contribution in [0.2, 0.25) is 5.02 Å². The van der Waals surface area contributed by atoms with Gasteiger partial charge in [0.15, 0.2) is 0 Å². The second kappa shape index (κ2) is 5.98. The highest BCUT2D eigenvalue weighted by Gasteiger charge is 2.28. The van der Waals surface area contributed by atoms with Crippen LogP contribution in [0.5, 0.6) is 0 Å². The number of benzene rings is 1. The van der Waals surface area contributed by atoms with Crippen LogP contribution in [0.15, 0.2) is 6.07 Å². The molecule has 1 fully saturated rings. The van der Waals surface area contributed by atoms with E-state index in [4.69, 9.17) is 11.6 Å². The van der Waals surface area contributed by atoms with Crippen molar-refractivity contribution in [2.24, 2.45) is 0 Å². The number of fused-ring (bicyclic) bond motifs is 1. The number of rotatable bonds is 3. The van der Waals surface area contributed by atoms with Gasteiger partial charge in [-0.3, -0.25) is 4.79 Å². The second-order valence-electron chi connectivity index (χ2n) is 6.26. The van der Waals surface area contributed by atoms with E-state index >= 15 is 0 Å². The van der Waals surface area contributed by atoms with Gasteiger partial charge < -0.3 is 9.80 Å². The maximum Gasteiger partial charge on any atom is 0.255 e. The number of carbonyl (C=O) groups excluding carboxylic acids is 1. The third-order valence-electron chi connectivity index (χ3n) is 4.89. The molecule has 3 rings (SSSR count). The quantitative estimate of drug-likeness (QED) is 0.857. The maximum absolute atomic E-state index is 12.7. The number of aryl methyl sites for hydroxylation is 1. The van der Waals surface area contributed by atoms with Crippen molar-refractivity contribution in [2.75, 3.05) is 32.7 Å². The zero-order valence-electron chi connectivity index (χ0n) is 12.9. The first kappa shape index (κ1) is 14.9. The highest BCUT2D eigenvalue weighted by atomic mass is 35.5. The maximum atomic E-state index is 12.7. The molecular formula is C17H23ClN2O. The van der Waals surface area contributed by atoms with E-state index in [1.54, 1.807) is 0 Å². The summed E-state index contributed by atoms with van der Waals surface area (Å²) in [6.45, 7) is 9.04. The zero-order chi connectivity index (χ0) is 15.0. The smallest absolute Gasteiger partial charge is 0.255 e. The summed E-state index contributed by atoms with van der Waals surface area (Å²) < 4.78 is 0. The Labute approximate surface area is 131 Å². The van der Waals surface area contributed by atoms with Gasteiger partial charge in [0.25, 0.3) is 5.91 Å². The molecule has 1 aromatic rings. The van der Waals surface area contributed by atoms with E-state index in [0.717, 1.165) is 42.7 Å². The average Bonchev–Trinajstić information content (AvgIpc) is 2.97. The molecule has 2 aliphatic rings. The van der Waals surface area contributed by atoms with Gasteiger partial charge in [0.05, 0.1) is 10.6 Å². The van der Waals surface area contributed by atoms with Gasteiger partial charge in [-0.15, -0.1) is 0 Å². The molecule has 2 aliphatic heterocycles. The Bertz CT molecular complexity index is 564. The molecule has 0 unspecified atom stereocenters. The molecule has 0 atom stereocenters. The Morgan fingerprint density at radius 3 is 2.57 bits per heavy atom. The third-order valence-corrected chi connectivity index (χ3v) is 5.36. The van der Waals surface area contributed by atoms with Gasteiger partial charge >= 0.3 is 0 Å². The summed E-state index contributed by atoms with van der Waals surface area (Å²) >= 11 is 6.45. The van der Waals surface area contributed by atoms with E-state index in [1.165, 1.54) is 31.5 Å². The van der Waals surface area contributed by atoms with Crippen molar-refractivity contribution in [1.29, 1.82) is 0 Å². The van der Waals surface area contributed by atoms with Gasteiger partial charge in [-0.2, -0.15) is 0 Å². The molecule has 0 aromatic heterocycles. The molecule has 0 aliphatic carbocycles. The fourth-order valence-corrected chi connectivity index (χ4v) is 3.72. The molecule has 4 heteroatoms. The summed E-state index contributed by atoms with van der Waals surface area (Å²) in [6.07, 6.45) is 3.50. The fourth-order valence-electron chi connectivity index (χ4n) is 3.37. The largest absolute Gasteiger partial charge is 0.337 e. The van der Waals surface area contributed by atoms with Gasteiger partial charge in [0.1, 0.15) is 0 Å². The first-order chi connectivity index (χ1) is 10.1. The Hall–Kier alpha value is -1.06. The SMILES string of the molecule is Cc1cc2c(c(Cl)c1C)C(=O)N(CCN1CCCC1)CC2. The molecule has 1 amide bonds. The number of hydrogen-bond acceptors (Lipinski definition) is 2. The second-order valence-corrected chi connectivity index (χ2v) is 6.64. The molecule has 3 nitrogen and oxygen atoms in total. The summed E-state index contributed by atoms with van der Waals surface area (Å²) in [7, 11) is 0. The van der Waals surface area contributed by atoms with E-state index in [-0.39, 0.29) is 5.91 Å². The number of likely N-dealkylation sites (tertiary alicyclic amines) is 1. The standard InChI is InChI=1S/C17H23ClN2O/c1-12-11-14-5-8-20(10-9-19-6-3-4-7-19)17(21)15(14)16(18)13(12)2/h11H,3-10H2,1-2H3. The Morgan fingerprint density at radius 1 is 1.14 bits per heavy atom. The molecule has 114 valence electrons. The lowest BCUT2D eigenvalue weighted by molar-refractivity contribution is 0.0724. The molecule has 1 aromatic carbocycles. The fraction of sp³-hybridized carbons (Fsp3) is 0.588. The van der Waals surface area contributed by atoms with Crippen LogP contribution in [0.3, 0.4) is 0 Å². The van der Waals surface area contributed by atoms with Crippen LogP contribution in [0, 0.1) is 13.8 Å². The molecule has 1 saturated heterocycles. The van der Waals surface area contributed by atoms with Crippen LogP contribution in [0.25, 0.3) is 0 Å². The van der Waals surface area contributed by atoms with Crippen molar-refractivity contribution in [2.45, 2.75) is 33.1 Å². The monoisotopic (exact) mass is 306 g/mol. The Balaban J connectivity index is 1.76. The highest BCUT2D eigenvalue weighted by molar-refractivity contribution is 6.35. The predicted molar refractivity (Wildman–Crippen MR) is 86.2 cm³/mol. The van der Waals surface area contributed by atoms with E-state index in [1.807, 2.05) is 11.8 Å². The predicted octanol–water partition coefficient (Wildman–Crippen LogP) is 3.05. The molecule has 2 heterocycles. The molecular weight excluding hydrogens is 284 g/mol. The van der Waals surface area contributed by atoms with E-state index in [0.29, 0.717) is 5.02 Å². The zero-order valence-corrected chi connectivity index (χ0v) is 13.7. The Kier molecular flexibility index (Phi) is 4.23. The highest BCUT2D eigenvalue weighted by Crippen LogP contribution is 2.31. The first-order valence-electron chi connectivity index (χ1n) is 7.88. The van der Waals surface area contributed by atoms with Crippen molar-refractivity contribution >= 4 is 17.5 Å². The van der Waals surface area contributed by atoms with Crippen molar-refractivity contribution in [1.82, 2.24) is 9.80 Å². The summed E-state index contributed by atoms with van der Waals surface area (Å²) in [4.78, 5) is 17.2. The topological polar surface area (TPSA) is 23.6 Å². The number of carbonyl (C=O) groups is 1. The van der Waals surface area contributed by atoms with E-state index in [2.05, 4.69) is 17.9 Å². The lowest BCUT2D eigenvalue weighted by Gasteiger charge is -2.31. The summed E-state index contributed by atoms with van der Waals surface area (Å²) in [5, 5.41) is 0.654. The van der Waals surface area contributed by atoms with Gasteiger partial charge in [-0.25, -0.2) is 0 Å². The third kappa shape index (κ3) is 2.82. The van der Waals surface area contributed by atoms with Crippen LogP contribution >= 0.6 is 11.6 Å². The minimum absolute atomic E-state index is 0.114. The number of amides is 1. The Morgan fingerprint density at radius 2 is 1.86 bits per heavy atom. The molecule has 0 saturated carbocycles. The molecule has 0 bridgehead atoms. The van der Waals surface area contributed by atoms with Gasteiger partial charge in [0, 0.05) is 19.6 Å². The normalized spacial score (nSPS) is 19.2. The number of nitrogens with zero attached hydrogens (tertiary/aromatic N) is 2. The van der Waals surface area contributed by atoms with Crippen LogP contribution in [-0.4, -0.2) is 48.4 Å². The molecule has 0 spiro atoms. The van der Waals surface area contributed by atoms with Gasteiger partial charge in [-0.05, 0) is 62.9 Å². The summed E-state index contributed by atoms with van der Waals surface area (Å²) in [5.74, 6) is 0.114. The minimum Gasteiger partial charge on any atom is -0.337 e. The van der Waals surface area contributed by atoms with Crippen LogP contribution in [-0.2, 0) is 6.42 Å². The van der Waals surface area contributed by atoms with Gasteiger partial charge in [-0.1, -0.05) is 17.7 Å². The minimum atomic E-state index is 0.114. The lowest BCUT2D eigenvalue weighted by Crippen LogP contribution is -2.42. The average molecular weight is 307 g/mol.